The highest BCUT2D eigenvalue weighted by Crippen LogP contribution is 2.46. The molecule has 4 aliphatic carbocycles. The highest BCUT2D eigenvalue weighted by atomic mass is 14.9. The minimum absolute atomic E-state index is 0. The van der Waals surface area contributed by atoms with Crippen LogP contribution in [0.3, 0.4) is 0 Å². The monoisotopic (exact) mass is 1270 g/mol. The van der Waals surface area contributed by atoms with Crippen LogP contribution in [0.5, 0.6) is 0 Å². The van der Waals surface area contributed by atoms with E-state index in [-0.39, 0.29) is 18.6 Å². The molecule has 4 heteroatoms. The minimum Gasteiger partial charge on any atom is -0.201 e. The molecular formula is C92H98N4+4. The Labute approximate surface area is 585 Å². The van der Waals surface area contributed by atoms with Gasteiger partial charge in [0.05, 0.1) is 0 Å². The van der Waals surface area contributed by atoms with Crippen LogP contribution in [0.1, 0.15) is 145 Å². The highest BCUT2D eigenvalue weighted by molar-refractivity contribution is 5.88. The molecule has 4 aliphatic rings. The van der Waals surface area contributed by atoms with E-state index in [1.165, 1.54) is 150 Å². The molecule has 0 atom stereocenters. The normalized spacial score (nSPS) is 13.9. The molecule has 0 saturated carbocycles. The molecule has 96 heavy (non-hydrogen) atoms. The van der Waals surface area contributed by atoms with E-state index in [9.17, 15) is 0 Å². The molecule has 12 aromatic rings. The maximum absolute atomic E-state index is 8.85. The van der Waals surface area contributed by atoms with Gasteiger partial charge in [-0.25, -0.2) is 18.3 Å². The molecule has 0 saturated heterocycles. The SMILES string of the molecule is C.Cc1ccc2c(c1)Cc1ccc(-c3cc(C)cc[n+]3C)c(C)c1-2.Cc1ccc2c(c1)Cc1ccc(-c3cccc[n+]3C)c(C)c1-2.[2H]C([2H])([2H])c1c[n+](C)c(-c2ccc3c(c2C)-c2ccccc2C3)cc1C([2H])([2H])C(C)(C)C.[2H]C([2H])([2H])c1ccc(-c2ccc3c(c2C)-c2ccc(C)cc2C3)[n+](C)c1. The summed E-state index contributed by atoms with van der Waals surface area (Å²) < 4.78 is 72.8. The van der Waals surface area contributed by atoms with E-state index in [1.807, 2.05) is 29.3 Å². The third kappa shape index (κ3) is 12.8. The van der Waals surface area contributed by atoms with Gasteiger partial charge < -0.3 is 0 Å². The van der Waals surface area contributed by atoms with Crippen molar-refractivity contribution >= 4 is 0 Å². The predicted octanol–water partition coefficient (Wildman–Crippen LogP) is 20.3. The molecule has 4 heterocycles. The second-order valence-electron chi connectivity index (χ2n) is 28.2. The number of hydrogen-bond acceptors (Lipinski definition) is 0. The average molecular weight is 1270 g/mol. The fourth-order valence-corrected chi connectivity index (χ4v) is 15.4. The number of rotatable bonds is 5. The van der Waals surface area contributed by atoms with Gasteiger partial charge in [-0.05, 0) is 265 Å². The molecule has 8 aromatic carbocycles. The van der Waals surface area contributed by atoms with Crippen molar-refractivity contribution in [1.82, 2.24) is 0 Å². The van der Waals surface area contributed by atoms with E-state index in [4.69, 9.17) is 11.0 Å². The van der Waals surface area contributed by atoms with E-state index in [1.54, 1.807) is 45.3 Å². The van der Waals surface area contributed by atoms with Gasteiger partial charge in [0.25, 0.3) is 0 Å². The van der Waals surface area contributed by atoms with Crippen molar-refractivity contribution in [2.75, 3.05) is 0 Å². The third-order valence-electron chi connectivity index (χ3n) is 20.0. The lowest BCUT2D eigenvalue weighted by molar-refractivity contribution is -0.660. The summed E-state index contributed by atoms with van der Waals surface area (Å²) in [5.41, 5.74) is 41.6. The van der Waals surface area contributed by atoms with Gasteiger partial charge in [-0.15, -0.1) is 0 Å². The number of aromatic nitrogens is 4. The highest BCUT2D eigenvalue weighted by Gasteiger charge is 2.30. The Kier molecular flexibility index (Phi) is 15.7. The molecule has 0 radical (unpaired) electrons. The van der Waals surface area contributed by atoms with Crippen LogP contribution in [0, 0.1) is 74.5 Å². The Bertz CT molecular complexity index is 5410. The van der Waals surface area contributed by atoms with Crippen LogP contribution in [-0.2, 0) is 60.2 Å². The van der Waals surface area contributed by atoms with Crippen LogP contribution in [0.25, 0.3) is 89.5 Å². The lowest BCUT2D eigenvalue weighted by Gasteiger charge is -2.20. The van der Waals surface area contributed by atoms with Crippen molar-refractivity contribution in [2.45, 2.75) is 129 Å². The van der Waals surface area contributed by atoms with Crippen molar-refractivity contribution in [3.05, 3.63) is 306 Å². The summed E-state index contributed by atoms with van der Waals surface area (Å²) in [4.78, 5) is 0. The van der Waals surface area contributed by atoms with Crippen LogP contribution in [-0.4, -0.2) is 0 Å². The van der Waals surface area contributed by atoms with Gasteiger partial charge in [-0.1, -0.05) is 148 Å². The first-order valence-electron chi connectivity index (χ1n) is 37.5. The summed E-state index contributed by atoms with van der Waals surface area (Å²) in [7, 11) is 7.98. The molecule has 16 rings (SSSR count). The Balaban J connectivity index is 0.000000131. The van der Waals surface area contributed by atoms with Gasteiger partial charge in [0, 0.05) is 80.7 Å². The third-order valence-corrected chi connectivity index (χ3v) is 20.0. The van der Waals surface area contributed by atoms with Crippen LogP contribution >= 0.6 is 0 Å². The van der Waals surface area contributed by atoms with Gasteiger partial charge in [-0.3, -0.25) is 0 Å². The van der Waals surface area contributed by atoms with Crippen LogP contribution < -0.4 is 18.3 Å². The molecule has 0 N–H and O–H groups in total. The first kappa shape index (κ1) is 56.7. The molecule has 0 spiro atoms. The van der Waals surface area contributed by atoms with Crippen molar-refractivity contribution in [2.24, 2.45) is 33.6 Å². The zero-order chi connectivity index (χ0) is 73.7. The minimum atomic E-state index is -2.41. The zero-order valence-electron chi connectivity index (χ0n) is 66.2. The number of aryl methyl sites for hydroxylation is 10. The number of hydrogen-bond donors (Lipinski definition) is 0. The second-order valence-corrected chi connectivity index (χ2v) is 28.2. The Hall–Kier alpha value is -9.64. The smallest absolute Gasteiger partial charge is 0.201 e. The quantitative estimate of drug-likeness (QED) is 0.153. The van der Waals surface area contributed by atoms with Crippen molar-refractivity contribution in [3.8, 4) is 89.5 Å². The lowest BCUT2D eigenvalue weighted by atomic mass is 9.86. The van der Waals surface area contributed by atoms with E-state index >= 15 is 0 Å². The number of nitrogens with zero attached hydrogens (tertiary/aromatic N) is 4. The molecule has 0 aliphatic heterocycles. The number of pyridine rings is 4. The van der Waals surface area contributed by atoms with Crippen LogP contribution in [0.15, 0.2) is 201 Å². The van der Waals surface area contributed by atoms with Gasteiger partial charge >= 0.3 is 0 Å². The largest absolute Gasteiger partial charge is 0.212 e. The van der Waals surface area contributed by atoms with Gasteiger partial charge in [0.15, 0.2) is 24.8 Å². The number of benzene rings is 8. The summed E-state index contributed by atoms with van der Waals surface area (Å²) in [6, 6.07) is 62.8. The molecule has 482 valence electrons. The average Bonchev–Trinajstić information content (AvgIpc) is 1.75. The van der Waals surface area contributed by atoms with E-state index in [0.29, 0.717) is 5.56 Å². The van der Waals surface area contributed by atoms with Crippen LogP contribution in [0.4, 0.5) is 0 Å². The second kappa shape index (κ2) is 26.5. The topological polar surface area (TPSA) is 15.5 Å². The molecule has 0 bridgehead atoms. The van der Waals surface area contributed by atoms with E-state index < -0.39 is 25.5 Å². The molecular weight excluding hydrogens is 1160 g/mol. The molecule has 0 fully saturated rings. The number of fused-ring (bicyclic) bond motifs is 12. The van der Waals surface area contributed by atoms with Crippen molar-refractivity contribution in [1.29, 1.82) is 0 Å². The Morgan fingerprint density at radius 2 is 0.719 bits per heavy atom. The summed E-state index contributed by atoms with van der Waals surface area (Å²) in [6.45, 7) is 18.4. The summed E-state index contributed by atoms with van der Waals surface area (Å²) in [6.07, 6.45) is 9.76. The molecule has 0 unspecified atom stereocenters. The first-order valence-corrected chi connectivity index (χ1v) is 33.5. The fraction of sp³-hybridized carbons (Fsp3) is 0.261. The maximum atomic E-state index is 8.85. The summed E-state index contributed by atoms with van der Waals surface area (Å²) in [5.74, 6) is 0. The molecule has 0 amide bonds. The maximum Gasteiger partial charge on any atom is 0.212 e. The van der Waals surface area contributed by atoms with Gasteiger partial charge in [-0.2, -0.15) is 0 Å². The van der Waals surface area contributed by atoms with Gasteiger partial charge in [0.1, 0.15) is 28.2 Å². The zero-order valence-corrected chi connectivity index (χ0v) is 58.2. The Morgan fingerprint density at radius 3 is 1.18 bits per heavy atom. The van der Waals surface area contributed by atoms with Crippen molar-refractivity contribution < 1.29 is 29.2 Å². The summed E-state index contributed by atoms with van der Waals surface area (Å²) >= 11 is 0. The summed E-state index contributed by atoms with van der Waals surface area (Å²) in [5, 5.41) is 0. The van der Waals surface area contributed by atoms with E-state index in [2.05, 4.69) is 249 Å². The molecule has 4 aromatic heterocycles. The van der Waals surface area contributed by atoms with E-state index in [0.717, 1.165) is 53.8 Å². The Morgan fingerprint density at radius 1 is 0.333 bits per heavy atom. The van der Waals surface area contributed by atoms with Crippen LogP contribution in [0.2, 0.25) is 0 Å². The fourth-order valence-electron chi connectivity index (χ4n) is 15.4. The van der Waals surface area contributed by atoms with Crippen molar-refractivity contribution in [3.63, 3.8) is 0 Å². The predicted molar refractivity (Wildman–Crippen MR) is 402 cm³/mol. The standard InChI is InChI=1S/C26H30N.2C22H22N.C21H20N.CH4/c1-17-16-27(6)24(14-21(17)15-26(3,4)5)22-12-11-20-13-19-9-7-8-10-23(19)25(20)18(22)2;1-14-5-8-20-18(11-14)12-17-7-9-19(16(3)22(17)20)21-10-6-15(2)13-23(21)4;1-14-5-7-20-18(11-14)13-17-6-8-19(16(3)22(17)20)21-12-15(2)9-10-23(21)4;1-14-7-9-19-17(12-14)13-16-8-10-18(15(2)21(16)19)20-6-4-5-11-22(20)3;/h7-12,14,16H,13,15H2,1-6H3;5-11,13H,12H2,1-4H3;5-12H,13H2,1-4H3;4-12H,13H2,1-3H3;1H4/q4*+1;/i1D3,15D2;2D3;;;. The lowest BCUT2D eigenvalue weighted by Crippen LogP contribution is -2.32. The van der Waals surface area contributed by atoms with Gasteiger partial charge in [0.2, 0.25) is 22.8 Å². The first-order chi connectivity index (χ1) is 48.7. The molecule has 4 nitrogen and oxygen atoms in total.